The minimum absolute atomic E-state index is 0.0859. The summed E-state index contributed by atoms with van der Waals surface area (Å²) in [5.41, 5.74) is 1.97. The van der Waals surface area contributed by atoms with Gasteiger partial charge in [-0.15, -0.1) is 0 Å². The Labute approximate surface area is 159 Å². The summed E-state index contributed by atoms with van der Waals surface area (Å²) in [7, 11) is 0. The van der Waals surface area contributed by atoms with E-state index >= 15 is 0 Å². The fourth-order valence-electron chi connectivity index (χ4n) is 2.56. The molecule has 0 saturated carbocycles. The van der Waals surface area contributed by atoms with E-state index in [9.17, 15) is 14.4 Å². The minimum Gasteiger partial charge on any atom is -0.273 e. The molecular formula is C20H15BrN2O3. The molecule has 0 aliphatic carbocycles. The van der Waals surface area contributed by atoms with Crippen LogP contribution in [0.15, 0.2) is 76.3 Å². The van der Waals surface area contributed by atoms with Crippen LogP contribution in [0.1, 0.15) is 12.5 Å². The van der Waals surface area contributed by atoms with E-state index in [-0.39, 0.29) is 5.57 Å². The molecule has 1 aliphatic rings. The highest BCUT2D eigenvalue weighted by atomic mass is 79.9. The minimum atomic E-state index is -0.760. The number of carbonyl (C=O) groups is 3. The van der Waals surface area contributed by atoms with Gasteiger partial charge in [-0.25, -0.2) is 9.69 Å². The number of nitrogens with zero attached hydrogens (tertiary/aromatic N) is 1. The number of hydrogen-bond acceptors (Lipinski definition) is 3. The number of allylic oxidation sites excluding steroid dienone is 2. The van der Waals surface area contributed by atoms with E-state index in [1.165, 1.54) is 6.08 Å². The molecule has 5 nitrogen and oxygen atoms in total. The second-order valence-electron chi connectivity index (χ2n) is 5.73. The molecule has 1 N–H and O–H groups in total. The summed E-state index contributed by atoms with van der Waals surface area (Å²) in [5.74, 6) is -1.35. The Morgan fingerprint density at radius 3 is 2.31 bits per heavy atom. The highest BCUT2D eigenvalue weighted by Gasteiger charge is 2.36. The summed E-state index contributed by atoms with van der Waals surface area (Å²) >= 11 is 3.31. The van der Waals surface area contributed by atoms with E-state index in [4.69, 9.17) is 0 Å². The van der Waals surface area contributed by atoms with E-state index in [1.54, 1.807) is 31.2 Å². The second-order valence-corrected chi connectivity index (χ2v) is 6.65. The molecular weight excluding hydrogens is 396 g/mol. The molecule has 2 aromatic carbocycles. The van der Waals surface area contributed by atoms with E-state index in [0.29, 0.717) is 5.69 Å². The number of anilines is 1. The topological polar surface area (TPSA) is 66.5 Å². The van der Waals surface area contributed by atoms with Crippen LogP contribution in [0.25, 0.3) is 6.08 Å². The number of carbonyl (C=O) groups excluding carboxylic acids is 3. The summed E-state index contributed by atoms with van der Waals surface area (Å²) in [6, 6.07) is 15.5. The molecule has 0 unspecified atom stereocenters. The van der Waals surface area contributed by atoms with E-state index in [1.807, 2.05) is 36.4 Å². The van der Waals surface area contributed by atoms with Crippen molar-refractivity contribution in [2.75, 3.05) is 4.90 Å². The number of barbiturate groups is 1. The molecule has 2 aromatic rings. The number of halogens is 1. The Morgan fingerprint density at radius 2 is 1.65 bits per heavy atom. The number of rotatable bonds is 3. The first-order valence-corrected chi connectivity index (χ1v) is 8.65. The summed E-state index contributed by atoms with van der Waals surface area (Å²) in [6.07, 6.45) is 3.34. The van der Waals surface area contributed by atoms with Crippen molar-refractivity contribution >= 4 is 45.5 Å². The first kappa shape index (κ1) is 17.8. The van der Waals surface area contributed by atoms with Gasteiger partial charge >= 0.3 is 6.03 Å². The van der Waals surface area contributed by atoms with Crippen LogP contribution >= 0.6 is 15.9 Å². The number of imide groups is 2. The van der Waals surface area contributed by atoms with Gasteiger partial charge in [0.1, 0.15) is 5.57 Å². The third kappa shape index (κ3) is 3.81. The van der Waals surface area contributed by atoms with Gasteiger partial charge in [-0.2, -0.15) is 0 Å². The number of nitrogens with one attached hydrogen (secondary N) is 1. The fourth-order valence-corrected chi connectivity index (χ4v) is 2.83. The molecule has 4 amide bonds. The van der Waals surface area contributed by atoms with Gasteiger partial charge in [-0.3, -0.25) is 14.9 Å². The summed E-state index contributed by atoms with van der Waals surface area (Å²) in [4.78, 5) is 38.0. The lowest BCUT2D eigenvalue weighted by Crippen LogP contribution is -2.54. The van der Waals surface area contributed by atoms with Gasteiger partial charge in [-0.1, -0.05) is 52.3 Å². The smallest absolute Gasteiger partial charge is 0.273 e. The van der Waals surface area contributed by atoms with E-state index < -0.39 is 17.8 Å². The Morgan fingerprint density at radius 1 is 1.00 bits per heavy atom. The van der Waals surface area contributed by atoms with Crippen molar-refractivity contribution in [3.8, 4) is 0 Å². The van der Waals surface area contributed by atoms with Crippen molar-refractivity contribution in [3.05, 3.63) is 81.9 Å². The number of urea groups is 1. The van der Waals surface area contributed by atoms with E-state index in [2.05, 4.69) is 21.2 Å². The van der Waals surface area contributed by atoms with Gasteiger partial charge in [0.25, 0.3) is 11.8 Å². The van der Waals surface area contributed by atoms with Crippen molar-refractivity contribution in [2.45, 2.75) is 6.92 Å². The lowest BCUT2D eigenvalue weighted by molar-refractivity contribution is -0.122. The first-order valence-electron chi connectivity index (χ1n) is 7.86. The molecule has 0 spiro atoms. The fraction of sp³-hybridized carbons (Fsp3) is 0.0500. The quantitative estimate of drug-likeness (QED) is 0.612. The van der Waals surface area contributed by atoms with Crippen LogP contribution < -0.4 is 10.2 Å². The predicted octanol–water partition coefficient (Wildman–Crippen LogP) is 4.06. The maximum Gasteiger partial charge on any atom is 0.335 e. The van der Waals surface area contributed by atoms with Crippen LogP contribution in [0.2, 0.25) is 0 Å². The monoisotopic (exact) mass is 410 g/mol. The van der Waals surface area contributed by atoms with Crippen LogP contribution in [-0.4, -0.2) is 17.8 Å². The maximum atomic E-state index is 12.8. The second kappa shape index (κ2) is 7.49. The zero-order valence-corrected chi connectivity index (χ0v) is 15.5. The normalized spacial score (nSPS) is 16.8. The average molecular weight is 411 g/mol. The highest BCUT2D eigenvalue weighted by molar-refractivity contribution is 9.10. The van der Waals surface area contributed by atoms with Crippen LogP contribution in [0, 0.1) is 0 Å². The lowest BCUT2D eigenvalue weighted by atomic mass is 10.1. The first-order chi connectivity index (χ1) is 12.5. The van der Waals surface area contributed by atoms with Crippen molar-refractivity contribution in [1.29, 1.82) is 0 Å². The zero-order valence-electron chi connectivity index (χ0n) is 13.9. The standard InChI is InChI=1S/C20H15BrN2O3/c1-13(11-14-5-3-2-4-6-14)12-17-18(24)22-20(26)23(19(17)25)16-9-7-15(21)8-10-16/h2-12H,1H3,(H,22,24,26)/b13-11+,17-12+. The third-order valence-electron chi connectivity index (χ3n) is 3.75. The van der Waals surface area contributed by atoms with Crippen LogP contribution in [0.3, 0.4) is 0 Å². The van der Waals surface area contributed by atoms with Crippen LogP contribution in [0.5, 0.6) is 0 Å². The Bertz CT molecular complexity index is 931. The molecule has 1 saturated heterocycles. The molecule has 0 atom stereocenters. The average Bonchev–Trinajstić information content (AvgIpc) is 2.61. The Kier molecular flexibility index (Phi) is 5.14. The van der Waals surface area contributed by atoms with Crippen molar-refractivity contribution < 1.29 is 14.4 Å². The lowest BCUT2D eigenvalue weighted by Gasteiger charge is -2.26. The molecule has 1 aliphatic heterocycles. The Balaban J connectivity index is 1.94. The molecule has 1 fully saturated rings. The van der Waals surface area contributed by atoms with Gasteiger partial charge < -0.3 is 0 Å². The SMILES string of the molecule is CC(=C\c1ccccc1)/C=C1\C(=O)NC(=O)N(c2ccc(Br)cc2)C1=O. The van der Waals surface area contributed by atoms with Gasteiger partial charge in [0, 0.05) is 4.47 Å². The number of benzene rings is 2. The molecule has 130 valence electrons. The summed E-state index contributed by atoms with van der Waals surface area (Å²) < 4.78 is 0.819. The molecule has 1 heterocycles. The zero-order chi connectivity index (χ0) is 18.7. The molecule has 26 heavy (non-hydrogen) atoms. The summed E-state index contributed by atoms with van der Waals surface area (Å²) in [6.45, 7) is 1.79. The van der Waals surface area contributed by atoms with Crippen LogP contribution in [-0.2, 0) is 9.59 Å². The van der Waals surface area contributed by atoms with Gasteiger partial charge in [0.05, 0.1) is 5.69 Å². The molecule has 0 bridgehead atoms. The summed E-state index contributed by atoms with van der Waals surface area (Å²) in [5, 5.41) is 2.21. The van der Waals surface area contributed by atoms with Gasteiger partial charge in [0.15, 0.2) is 0 Å². The van der Waals surface area contributed by atoms with Gasteiger partial charge in [0.2, 0.25) is 0 Å². The molecule has 0 radical (unpaired) electrons. The largest absolute Gasteiger partial charge is 0.335 e. The number of hydrogen-bond donors (Lipinski definition) is 1. The molecule has 0 aromatic heterocycles. The van der Waals surface area contributed by atoms with Crippen molar-refractivity contribution in [2.24, 2.45) is 0 Å². The van der Waals surface area contributed by atoms with Gasteiger partial charge in [-0.05, 0) is 48.4 Å². The van der Waals surface area contributed by atoms with Crippen molar-refractivity contribution in [3.63, 3.8) is 0 Å². The third-order valence-corrected chi connectivity index (χ3v) is 4.28. The molecule has 3 rings (SSSR count). The van der Waals surface area contributed by atoms with E-state index in [0.717, 1.165) is 20.5 Å². The predicted molar refractivity (Wildman–Crippen MR) is 103 cm³/mol. The highest BCUT2D eigenvalue weighted by Crippen LogP contribution is 2.23. The molecule has 6 heteroatoms. The maximum absolute atomic E-state index is 12.8. The Hall–Kier alpha value is -2.99. The van der Waals surface area contributed by atoms with Crippen molar-refractivity contribution in [1.82, 2.24) is 5.32 Å². The number of amides is 4. The van der Waals surface area contributed by atoms with Crippen LogP contribution in [0.4, 0.5) is 10.5 Å².